The van der Waals surface area contributed by atoms with E-state index < -0.39 is 0 Å². The molecule has 4 heteroatoms. The molecule has 0 N–H and O–H groups in total. The zero-order valence-corrected chi connectivity index (χ0v) is 29.6. The van der Waals surface area contributed by atoms with Crippen LogP contribution in [-0.2, 0) is 31.8 Å². The Labute approximate surface area is 281 Å². The Bertz CT molecular complexity index is 1070. The van der Waals surface area contributed by atoms with E-state index in [1.807, 2.05) is 0 Å². The van der Waals surface area contributed by atoms with E-state index in [1.54, 1.807) is 0 Å². The molecule has 0 aliphatic carbocycles. The molecule has 0 fully saturated rings. The normalized spacial score (nSPS) is 11.7. The highest BCUT2D eigenvalue weighted by molar-refractivity contribution is 6.01. The second kappa shape index (κ2) is 26.0. The van der Waals surface area contributed by atoms with Crippen LogP contribution in [0.5, 0.6) is 0 Å². The lowest BCUT2D eigenvalue weighted by atomic mass is 9.95. The second-order valence-corrected chi connectivity index (χ2v) is 12.9. The summed E-state index contributed by atoms with van der Waals surface area (Å²) in [6, 6.07) is 18.2. The minimum absolute atomic E-state index is 0.795. The smallest absolute Gasteiger partial charge is 0.0506 e. The van der Waals surface area contributed by atoms with Gasteiger partial charge in [0.1, 0.15) is 0 Å². The number of fused-ring (bicyclic) bond motifs is 2. The highest BCUT2D eigenvalue weighted by Gasteiger charge is 2.07. The molecule has 258 valence electrons. The number of hydrogen-bond acceptors (Lipinski definition) is 4. The molecule has 0 aromatic heterocycles. The number of hydrogen-bond donors (Lipinski definition) is 0. The van der Waals surface area contributed by atoms with Crippen molar-refractivity contribution in [1.29, 1.82) is 0 Å². The van der Waals surface area contributed by atoms with Crippen LogP contribution in [0, 0.1) is 0 Å². The molecule has 0 aliphatic rings. The van der Waals surface area contributed by atoms with Crippen molar-refractivity contribution in [2.24, 2.45) is 0 Å². The molecule has 0 radical (unpaired) electrons. The topological polar surface area (TPSA) is 36.9 Å². The summed E-state index contributed by atoms with van der Waals surface area (Å²) in [5, 5.41) is 5.37. The zero-order valence-electron chi connectivity index (χ0n) is 29.6. The van der Waals surface area contributed by atoms with E-state index in [9.17, 15) is 0 Å². The Kier molecular flexibility index (Phi) is 21.8. The van der Waals surface area contributed by atoms with Gasteiger partial charge in [-0.1, -0.05) is 113 Å². The molecular formula is C42H66O4. The third-order valence-electron chi connectivity index (χ3n) is 9.15. The number of ether oxygens (including phenoxy) is 4. The first kappa shape index (κ1) is 38.5. The van der Waals surface area contributed by atoms with Gasteiger partial charge in [0.15, 0.2) is 0 Å². The van der Waals surface area contributed by atoms with Crippen molar-refractivity contribution in [3.63, 3.8) is 0 Å². The SMILES string of the molecule is CCOCCCCCCCCCCOCCc1cccc2cc3c(CCOCCCCCCCCCCOCC)cccc3cc12. The van der Waals surface area contributed by atoms with Crippen molar-refractivity contribution in [2.45, 2.75) is 129 Å². The Balaban J connectivity index is 1.29. The van der Waals surface area contributed by atoms with E-state index in [1.165, 1.54) is 135 Å². The van der Waals surface area contributed by atoms with Crippen molar-refractivity contribution < 1.29 is 18.9 Å². The average molecular weight is 635 g/mol. The minimum Gasteiger partial charge on any atom is -0.382 e. The summed E-state index contributed by atoms with van der Waals surface area (Å²) < 4.78 is 23.0. The Morgan fingerprint density at radius 2 is 0.696 bits per heavy atom. The summed E-state index contributed by atoms with van der Waals surface area (Å²) in [5.74, 6) is 0. The monoisotopic (exact) mass is 634 g/mol. The maximum atomic E-state index is 6.06. The lowest BCUT2D eigenvalue weighted by Gasteiger charge is -2.12. The predicted molar refractivity (Wildman–Crippen MR) is 197 cm³/mol. The third-order valence-corrected chi connectivity index (χ3v) is 9.15. The van der Waals surface area contributed by atoms with Crippen LogP contribution in [0.25, 0.3) is 21.5 Å². The molecule has 0 heterocycles. The van der Waals surface area contributed by atoms with Gasteiger partial charge >= 0.3 is 0 Å². The van der Waals surface area contributed by atoms with E-state index in [2.05, 4.69) is 62.4 Å². The first-order valence-corrected chi connectivity index (χ1v) is 19.1. The van der Waals surface area contributed by atoms with E-state index >= 15 is 0 Å². The Morgan fingerprint density at radius 1 is 0.370 bits per heavy atom. The summed E-state index contributed by atoms with van der Waals surface area (Å²) in [7, 11) is 0. The molecule has 0 amide bonds. The molecule has 3 rings (SSSR count). The van der Waals surface area contributed by atoms with Gasteiger partial charge in [0.05, 0.1) is 13.2 Å². The van der Waals surface area contributed by atoms with Gasteiger partial charge in [0, 0.05) is 39.6 Å². The van der Waals surface area contributed by atoms with Gasteiger partial charge < -0.3 is 18.9 Å². The highest BCUT2D eigenvalue weighted by Crippen LogP contribution is 2.28. The fourth-order valence-corrected chi connectivity index (χ4v) is 6.41. The average Bonchev–Trinajstić information content (AvgIpc) is 3.08. The van der Waals surface area contributed by atoms with E-state index in [-0.39, 0.29) is 0 Å². The number of unbranched alkanes of at least 4 members (excludes halogenated alkanes) is 14. The molecule has 3 aromatic carbocycles. The maximum absolute atomic E-state index is 6.06. The van der Waals surface area contributed by atoms with E-state index in [0.717, 1.165) is 65.7 Å². The molecule has 0 aliphatic heterocycles. The molecule has 46 heavy (non-hydrogen) atoms. The molecule has 4 nitrogen and oxygen atoms in total. The van der Waals surface area contributed by atoms with Crippen molar-refractivity contribution in [2.75, 3.05) is 52.9 Å². The van der Waals surface area contributed by atoms with E-state index in [0.29, 0.717) is 0 Å². The van der Waals surface area contributed by atoms with Crippen LogP contribution in [0.1, 0.15) is 128 Å². The molecule has 0 unspecified atom stereocenters. The van der Waals surface area contributed by atoms with Gasteiger partial charge in [-0.15, -0.1) is 0 Å². The van der Waals surface area contributed by atoms with Gasteiger partial charge in [-0.05, 0) is 97.2 Å². The van der Waals surface area contributed by atoms with Crippen LogP contribution < -0.4 is 0 Å². The summed E-state index contributed by atoms with van der Waals surface area (Å²) in [6.07, 6.45) is 22.6. The summed E-state index contributed by atoms with van der Waals surface area (Å²) in [5.41, 5.74) is 2.78. The summed E-state index contributed by atoms with van der Waals surface area (Å²) >= 11 is 0. The molecule has 0 atom stereocenters. The first-order chi connectivity index (χ1) is 22.8. The van der Waals surface area contributed by atoms with Crippen LogP contribution in [-0.4, -0.2) is 52.9 Å². The summed E-state index contributed by atoms with van der Waals surface area (Å²) in [6.45, 7) is 11.0. The quantitative estimate of drug-likeness (QED) is 0.0540. The lowest BCUT2D eigenvalue weighted by Crippen LogP contribution is -2.02. The lowest BCUT2D eigenvalue weighted by molar-refractivity contribution is 0.133. The first-order valence-electron chi connectivity index (χ1n) is 19.1. The molecular weight excluding hydrogens is 568 g/mol. The van der Waals surface area contributed by atoms with Crippen LogP contribution in [0.4, 0.5) is 0 Å². The fraction of sp³-hybridized carbons (Fsp3) is 0.667. The molecule has 0 saturated heterocycles. The van der Waals surface area contributed by atoms with Crippen LogP contribution in [0.3, 0.4) is 0 Å². The maximum Gasteiger partial charge on any atom is 0.0506 e. The van der Waals surface area contributed by atoms with Gasteiger partial charge in [-0.25, -0.2) is 0 Å². The van der Waals surface area contributed by atoms with Crippen molar-refractivity contribution >= 4 is 21.5 Å². The molecule has 0 saturated carbocycles. The third kappa shape index (κ3) is 16.2. The fourth-order valence-electron chi connectivity index (χ4n) is 6.41. The molecule has 0 spiro atoms. The molecule has 0 bridgehead atoms. The molecule has 3 aromatic rings. The van der Waals surface area contributed by atoms with Crippen molar-refractivity contribution in [3.05, 3.63) is 59.7 Å². The minimum atomic E-state index is 0.795. The highest BCUT2D eigenvalue weighted by atomic mass is 16.5. The zero-order chi connectivity index (χ0) is 32.3. The van der Waals surface area contributed by atoms with E-state index in [4.69, 9.17) is 18.9 Å². The standard InChI is InChI=1S/C42H66O4/c1-3-43-29-17-13-9-5-7-11-15-19-31-45-33-27-37-23-21-25-39-36-42-38(24-22-26-40(42)35-41(37)39)28-34-46-32-20-16-12-8-6-10-14-18-30-44-4-2/h21-26,35-36H,3-20,27-34H2,1-2H3. The summed E-state index contributed by atoms with van der Waals surface area (Å²) in [4.78, 5) is 0. The van der Waals surface area contributed by atoms with Gasteiger partial charge in [-0.3, -0.25) is 0 Å². The van der Waals surface area contributed by atoms with Gasteiger partial charge in [0.25, 0.3) is 0 Å². The van der Waals surface area contributed by atoms with Crippen molar-refractivity contribution in [3.8, 4) is 0 Å². The van der Waals surface area contributed by atoms with Gasteiger partial charge in [-0.2, -0.15) is 0 Å². The predicted octanol–water partition coefficient (Wildman–Crippen LogP) is 11.4. The Hall–Kier alpha value is -1.98. The largest absolute Gasteiger partial charge is 0.382 e. The van der Waals surface area contributed by atoms with Crippen molar-refractivity contribution in [1.82, 2.24) is 0 Å². The van der Waals surface area contributed by atoms with Crippen LogP contribution >= 0.6 is 0 Å². The van der Waals surface area contributed by atoms with Crippen LogP contribution in [0.2, 0.25) is 0 Å². The Morgan fingerprint density at radius 3 is 1.04 bits per heavy atom. The second-order valence-electron chi connectivity index (χ2n) is 12.9. The number of benzene rings is 3. The number of rotatable bonds is 30. The van der Waals surface area contributed by atoms with Gasteiger partial charge in [0.2, 0.25) is 0 Å². The van der Waals surface area contributed by atoms with Crippen LogP contribution in [0.15, 0.2) is 48.5 Å².